The van der Waals surface area contributed by atoms with Crippen molar-refractivity contribution in [3.8, 4) is 0 Å². The van der Waals surface area contributed by atoms with Crippen LogP contribution in [0, 0.1) is 0 Å². The van der Waals surface area contributed by atoms with Gasteiger partial charge in [-0.3, -0.25) is 9.18 Å². The van der Waals surface area contributed by atoms with E-state index in [9.17, 15) is 9.18 Å². The number of benzene rings is 1. The van der Waals surface area contributed by atoms with Crippen LogP contribution in [-0.2, 0) is 0 Å². The van der Waals surface area contributed by atoms with Crippen LogP contribution in [0.3, 0.4) is 0 Å². The average molecular weight is 187 g/mol. The third-order valence-corrected chi connectivity index (χ3v) is 1.74. The van der Waals surface area contributed by atoms with Gasteiger partial charge in [0.15, 0.2) is 5.78 Å². The zero-order valence-corrected chi connectivity index (χ0v) is 7.14. The molecule has 12 heavy (non-hydrogen) atoms. The van der Waals surface area contributed by atoms with Gasteiger partial charge in [0.05, 0.1) is 6.67 Å². The summed E-state index contributed by atoms with van der Waals surface area (Å²) in [6, 6.07) is 6.43. The van der Waals surface area contributed by atoms with E-state index in [4.69, 9.17) is 11.6 Å². The van der Waals surface area contributed by atoms with Crippen molar-refractivity contribution in [3.05, 3.63) is 34.9 Å². The number of carbonyl (C=O) groups is 1. The fourth-order valence-corrected chi connectivity index (χ4v) is 0.992. The van der Waals surface area contributed by atoms with Gasteiger partial charge in [-0.25, -0.2) is 0 Å². The van der Waals surface area contributed by atoms with Crippen molar-refractivity contribution in [2.45, 2.75) is 6.42 Å². The largest absolute Gasteiger partial charge is 0.294 e. The summed E-state index contributed by atoms with van der Waals surface area (Å²) in [4.78, 5) is 11.1. The summed E-state index contributed by atoms with van der Waals surface area (Å²) in [7, 11) is 0. The van der Waals surface area contributed by atoms with Crippen LogP contribution in [0.15, 0.2) is 24.3 Å². The van der Waals surface area contributed by atoms with Gasteiger partial charge in [0.2, 0.25) is 0 Å². The SMILES string of the molecule is O=C(CCF)c1ccc(Cl)cc1. The predicted octanol–water partition coefficient (Wildman–Crippen LogP) is 2.88. The minimum atomic E-state index is -0.610. The zero-order valence-electron chi connectivity index (χ0n) is 6.39. The molecule has 0 aromatic heterocycles. The van der Waals surface area contributed by atoms with Crippen LogP contribution in [0.5, 0.6) is 0 Å². The number of hydrogen-bond acceptors (Lipinski definition) is 1. The van der Waals surface area contributed by atoms with Crippen molar-refractivity contribution < 1.29 is 9.18 Å². The lowest BCUT2D eigenvalue weighted by atomic mass is 10.1. The molecule has 1 aromatic carbocycles. The first-order chi connectivity index (χ1) is 5.74. The Kier molecular flexibility index (Phi) is 3.23. The summed E-state index contributed by atoms with van der Waals surface area (Å²) in [5.41, 5.74) is 0.511. The molecule has 3 heteroatoms. The number of Topliss-reactive ketones (excluding diaryl/α,β-unsaturated/α-hetero) is 1. The van der Waals surface area contributed by atoms with Crippen LogP contribution in [-0.4, -0.2) is 12.5 Å². The second-order valence-electron chi connectivity index (χ2n) is 2.37. The van der Waals surface area contributed by atoms with Gasteiger partial charge in [-0.05, 0) is 24.3 Å². The molecule has 1 rings (SSSR count). The van der Waals surface area contributed by atoms with E-state index in [1.807, 2.05) is 0 Å². The molecule has 0 fully saturated rings. The molecule has 0 spiro atoms. The number of hydrogen-bond donors (Lipinski definition) is 0. The molecule has 0 amide bonds. The Morgan fingerprint density at radius 2 is 1.92 bits per heavy atom. The van der Waals surface area contributed by atoms with E-state index in [0.29, 0.717) is 10.6 Å². The molecule has 1 nitrogen and oxygen atoms in total. The summed E-state index contributed by atoms with van der Waals surface area (Å²) in [6.45, 7) is -0.610. The minimum Gasteiger partial charge on any atom is -0.294 e. The second-order valence-corrected chi connectivity index (χ2v) is 2.81. The van der Waals surface area contributed by atoms with Crippen molar-refractivity contribution in [2.24, 2.45) is 0 Å². The molecule has 0 saturated carbocycles. The minimum absolute atomic E-state index is 0.0539. The van der Waals surface area contributed by atoms with Gasteiger partial charge < -0.3 is 0 Å². The van der Waals surface area contributed by atoms with Gasteiger partial charge in [-0.1, -0.05) is 11.6 Å². The topological polar surface area (TPSA) is 17.1 Å². The highest BCUT2D eigenvalue weighted by Crippen LogP contribution is 2.10. The second kappa shape index (κ2) is 4.21. The van der Waals surface area contributed by atoms with Gasteiger partial charge in [0, 0.05) is 17.0 Å². The molecular formula is C9H8ClFO. The van der Waals surface area contributed by atoms with Crippen molar-refractivity contribution in [3.63, 3.8) is 0 Å². The lowest BCUT2D eigenvalue weighted by Crippen LogP contribution is -1.98. The maximum Gasteiger partial charge on any atom is 0.165 e. The van der Waals surface area contributed by atoms with Crippen molar-refractivity contribution in [1.82, 2.24) is 0 Å². The summed E-state index contributed by atoms with van der Waals surface area (Å²) < 4.78 is 11.8. The number of alkyl halides is 1. The molecule has 64 valence electrons. The molecular weight excluding hydrogens is 179 g/mol. The zero-order chi connectivity index (χ0) is 8.97. The van der Waals surface area contributed by atoms with E-state index in [-0.39, 0.29) is 12.2 Å². The van der Waals surface area contributed by atoms with Crippen molar-refractivity contribution in [2.75, 3.05) is 6.67 Å². The van der Waals surface area contributed by atoms with Crippen LogP contribution in [0.25, 0.3) is 0 Å². The lowest BCUT2D eigenvalue weighted by Gasteiger charge is -1.96. The first-order valence-electron chi connectivity index (χ1n) is 3.59. The average Bonchev–Trinajstić information content (AvgIpc) is 2.06. The Labute approximate surface area is 75.2 Å². The van der Waals surface area contributed by atoms with E-state index >= 15 is 0 Å². The monoisotopic (exact) mass is 186 g/mol. The summed E-state index contributed by atoms with van der Waals surface area (Å²) in [5, 5.41) is 0.576. The number of halogens is 2. The lowest BCUT2D eigenvalue weighted by molar-refractivity contribution is 0.0974. The first kappa shape index (κ1) is 9.20. The maximum atomic E-state index is 11.8. The van der Waals surface area contributed by atoms with Gasteiger partial charge in [0.25, 0.3) is 0 Å². The third kappa shape index (κ3) is 2.31. The number of rotatable bonds is 3. The Bertz CT molecular complexity index is 268. The number of ketones is 1. The molecule has 0 atom stereocenters. The van der Waals surface area contributed by atoms with Gasteiger partial charge in [0.1, 0.15) is 0 Å². The molecule has 0 N–H and O–H groups in total. The standard InChI is InChI=1S/C9H8ClFO/c10-8-3-1-7(2-4-8)9(12)5-6-11/h1-4H,5-6H2. The van der Waals surface area contributed by atoms with Crippen LogP contribution in [0.4, 0.5) is 4.39 Å². The molecule has 0 heterocycles. The van der Waals surface area contributed by atoms with Crippen LogP contribution < -0.4 is 0 Å². The Balaban J connectivity index is 2.75. The molecule has 0 aliphatic carbocycles. The van der Waals surface area contributed by atoms with Crippen LogP contribution in [0.2, 0.25) is 5.02 Å². The van der Waals surface area contributed by atoms with Gasteiger partial charge in [-0.2, -0.15) is 0 Å². The summed E-state index contributed by atoms with van der Waals surface area (Å²) in [6.07, 6.45) is -0.0539. The molecule has 0 bridgehead atoms. The van der Waals surface area contributed by atoms with Crippen LogP contribution >= 0.6 is 11.6 Å². The highest BCUT2D eigenvalue weighted by atomic mass is 35.5. The number of carbonyl (C=O) groups excluding carboxylic acids is 1. The highest BCUT2D eigenvalue weighted by molar-refractivity contribution is 6.30. The van der Waals surface area contributed by atoms with E-state index in [2.05, 4.69) is 0 Å². The molecule has 0 saturated heterocycles. The Hall–Kier alpha value is -0.890. The molecule has 0 aliphatic rings. The normalized spacial score (nSPS) is 9.83. The predicted molar refractivity (Wildman–Crippen MR) is 46.4 cm³/mol. The molecule has 1 aromatic rings. The Morgan fingerprint density at radius 3 is 2.42 bits per heavy atom. The quantitative estimate of drug-likeness (QED) is 0.664. The summed E-state index contributed by atoms with van der Waals surface area (Å²) in [5.74, 6) is -0.186. The molecule has 0 unspecified atom stereocenters. The van der Waals surface area contributed by atoms with E-state index in [1.165, 1.54) is 0 Å². The molecule has 0 aliphatic heterocycles. The Morgan fingerprint density at radius 1 is 1.33 bits per heavy atom. The smallest absolute Gasteiger partial charge is 0.165 e. The first-order valence-corrected chi connectivity index (χ1v) is 3.96. The van der Waals surface area contributed by atoms with Gasteiger partial charge >= 0.3 is 0 Å². The van der Waals surface area contributed by atoms with Gasteiger partial charge in [-0.15, -0.1) is 0 Å². The molecule has 0 radical (unpaired) electrons. The highest BCUT2D eigenvalue weighted by Gasteiger charge is 2.03. The van der Waals surface area contributed by atoms with E-state index in [1.54, 1.807) is 24.3 Å². The fourth-order valence-electron chi connectivity index (χ4n) is 0.866. The fraction of sp³-hybridized carbons (Fsp3) is 0.222. The summed E-state index contributed by atoms with van der Waals surface area (Å²) >= 11 is 5.61. The maximum absolute atomic E-state index is 11.8. The van der Waals surface area contributed by atoms with Crippen LogP contribution in [0.1, 0.15) is 16.8 Å². The van der Waals surface area contributed by atoms with Crippen molar-refractivity contribution >= 4 is 17.4 Å². The van der Waals surface area contributed by atoms with Crippen molar-refractivity contribution in [1.29, 1.82) is 0 Å². The van der Waals surface area contributed by atoms with E-state index in [0.717, 1.165) is 0 Å². The van der Waals surface area contributed by atoms with E-state index < -0.39 is 6.67 Å². The third-order valence-electron chi connectivity index (χ3n) is 1.49.